The molecular weight excluding hydrogens is 562 g/mol. The number of benzene rings is 1. The Morgan fingerprint density at radius 2 is 1.56 bits per heavy atom. The summed E-state index contributed by atoms with van der Waals surface area (Å²) in [5.41, 5.74) is 0.527. The van der Waals surface area contributed by atoms with Gasteiger partial charge in [-0.1, -0.05) is 66.7 Å². The van der Waals surface area contributed by atoms with Gasteiger partial charge in [0.05, 0.1) is 11.0 Å². The summed E-state index contributed by atoms with van der Waals surface area (Å²) in [6.07, 6.45) is 10.4. The Kier molecular flexibility index (Phi) is 8.04. The molecule has 6 rings (SSSR count). The first-order valence-corrected chi connectivity index (χ1v) is 17.9. The van der Waals surface area contributed by atoms with Crippen molar-refractivity contribution in [1.29, 1.82) is 0 Å². The van der Waals surface area contributed by atoms with Crippen LogP contribution >= 0.6 is 0 Å². The van der Waals surface area contributed by atoms with Crippen LogP contribution in [0, 0.1) is 62.6 Å². The van der Waals surface area contributed by atoms with Crippen LogP contribution in [0.15, 0.2) is 30.3 Å². The smallest absolute Gasteiger partial charge is 0.338 e. The summed E-state index contributed by atoms with van der Waals surface area (Å²) in [5.74, 6) is 1.64. The van der Waals surface area contributed by atoms with E-state index in [0.29, 0.717) is 41.1 Å². The molecule has 0 aromatic heterocycles. The van der Waals surface area contributed by atoms with Gasteiger partial charge in [0.15, 0.2) is 0 Å². The minimum atomic E-state index is -0.971. The monoisotopic (exact) mass is 619 g/mol. The number of fused-ring (bicyclic) bond motifs is 7. The van der Waals surface area contributed by atoms with Crippen molar-refractivity contribution in [2.75, 3.05) is 6.54 Å². The lowest BCUT2D eigenvalue weighted by atomic mass is 9.32. The summed E-state index contributed by atoms with van der Waals surface area (Å²) in [6.45, 7) is 16.8. The highest BCUT2D eigenvalue weighted by atomic mass is 16.5. The maximum Gasteiger partial charge on any atom is 0.338 e. The van der Waals surface area contributed by atoms with Crippen LogP contribution in [0.2, 0.25) is 0 Å². The van der Waals surface area contributed by atoms with Gasteiger partial charge in [0.1, 0.15) is 12.6 Å². The molecule has 5 aliphatic rings. The third kappa shape index (κ3) is 4.73. The first-order chi connectivity index (χ1) is 21.1. The zero-order valence-electron chi connectivity index (χ0n) is 28.8. The second kappa shape index (κ2) is 11.1. The van der Waals surface area contributed by atoms with Gasteiger partial charge in [-0.15, -0.1) is 0 Å². The first-order valence-electron chi connectivity index (χ1n) is 17.9. The number of nitrogens with one attached hydrogen (secondary N) is 1. The topological polar surface area (TPSA) is 92.7 Å². The molecule has 1 aromatic carbocycles. The SMILES string of the molecule is CC(C)[C@@H]1CC[C@]2(C(=O)NCC(=O)O)CC[C@]3(C)[C@H](CC[C@@H]4[C@@]5(C)CC[C@@H](OC(=O)c6ccccc6)C(C)(C)[C@@H]5CC[C@]43C)[C@@H]12. The third-order valence-electron chi connectivity index (χ3n) is 15.4. The van der Waals surface area contributed by atoms with Gasteiger partial charge in [-0.2, -0.15) is 0 Å². The molecule has 0 radical (unpaired) electrons. The molecule has 5 saturated carbocycles. The molecule has 0 unspecified atom stereocenters. The second-order valence-electron chi connectivity index (χ2n) is 17.5. The maximum absolute atomic E-state index is 13.9. The normalized spacial score (nSPS) is 43.3. The van der Waals surface area contributed by atoms with E-state index >= 15 is 0 Å². The molecule has 1 amide bonds. The van der Waals surface area contributed by atoms with E-state index in [0.717, 1.165) is 51.4 Å². The molecule has 0 spiro atoms. The van der Waals surface area contributed by atoms with Crippen molar-refractivity contribution in [1.82, 2.24) is 5.32 Å². The lowest BCUT2D eigenvalue weighted by Gasteiger charge is -2.73. The van der Waals surface area contributed by atoms with Gasteiger partial charge in [-0.3, -0.25) is 9.59 Å². The van der Waals surface area contributed by atoms with Gasteiger partial charge >= 0.3 is 11.9 Å². The Morgan fingerprint density at radius 1 is 0.844 bits per heavy atom. The van der Waals surface area contributed by atoms with E-state index in [9.17, 15) is 19.5 Å². The van der Waals surface area contributed by atoms with Crippen LogP contribution in [-0.2, 0) is 14.3 Å². The molecule has 0 bridgehead atoms. The molecule has 45 heavy (non-hydrogen) atoms. The van der Waals surface area contributed by atoms with E-state index < -0.39 is 11.4 Å². The van der Waals surface area contributed by atoms with Crippen LogP contribution in [-0.4, -0.2) is 35.6 Å². The number of carboxylic acid groups (broad SMARTS) is 1. The molecule has 6 nitrogen and oxygen atoms in total. The number of hydrogen-bond acceptors (Lipinski definition) is 4. The summed E-state index contributed by atoms with van der Waals surface area (Å²) in [6, 6.07) is 9.40. The highest BCUT2D eigenvalue weighted by molar-refractivity contribution is 5.89. The molecule has 2 N–H and O–H groups in total. The zero-order chi connectivity index (χ0) is 32.6. The van der Waals surface area contributed by atoms with E-state index in [4.69, 9.17) is 4.74 Å². The van der Waals surface area contributed by atoms with Crippen molar-refractivity contribution in [3.63, 3.8) is 0 Å². The number of carbonyl (C=O) groups is 3. The summed E-state index contributed by atoms with van der Waals surface area (Å²) in [5, 5.41) is 12.2. The van der Waals surface area contributed by atoms with E-state index in [1.807, 2.05) is 30.3 Å². The number of rotatable bonds is 6. The average molecular weight is 620 g/mol. The second-order valence-corrected chi connectivity index (χ2v) is 17.5. The fraction of sp³-hybridized carbons (Fsp3) is 0.769. The molecule has 5 aliphatic carbocycles. The quantitative estimate of drug-likeness (QED) is 0.314. The van der Waals surface area contributed by atoms with E-state index in [2.05, 4.69) is 53.8 Å². The van der Waals surface area contributed by atoms with E-state index in [1.54, 1.807) is 0 Å². The molecule has 6 heteroatoms. The number of aliphatic carboxylic acids is 1. The van der Waals surface area contributed by atoms with Crippen molar-refractivity contribution >= 4 is 17.8 Å². The van der Waals surface area contributed by atoms with Gasteiger partial charge in [-0.05, 0) is 128 Å². The number of ether oxygens (including phenoxy) is 1. The minimum absolute atomic E-state index is 0.00633. The largest absolute Gasteiger partial charge is 0.480 e. The summed E-state index contributed by atoms with van der Waals surface area (Å²) < 4.78 is 6.29. The average Bonchev–Trinajstić information content (AvgIpc) is 3.39. The molecule has 0 aliphatic heterocycles. The fourth-order valence-electron chi connectivity index (χ4n) is 13.1. The lowest BCUT2D eigenvalue weighted by Crippen LogP contribution is -2.67. The van der Waals surface area contributed by atoms with Crippen LogP contribution in [0.4, 0.5) is 0 Å². The van der Waals surface area contributed by atoms with Crippen molar-refractivity contribution in [3.05, 3.63) is 35.9 Å². The van der Waals surface area contributed by atoms with Gasteiger partial charge in [0.2, 0.25) is 5.91 Å². The Hall–Kier alpha value is -2.37. The molecule has 248 valence electrons. The highest BCUT2D eigenvalue weighted by Crippen LogP contribution is 2.77. The fourth-order valence-corrected chi connectivity index (χ4v) is 13.1. The standard InChI is InChI=1S/C39H57NO5/c1-24(2)26-15-20-39(34(44)40-23-31(41)42)22-21-37(6)27(32(26)39)13-14-29-36(5)18-17-30(45-33(43)25-11-9-8-10-12-25)35(3,4)28(36)16-19-38(29,37)7/h8-12,24,26-30,32H,13-23H2,1-7H3,(H,40,44)(H,41,42)/t26-,27+,28-,29+,30+,32+,36-,37+,38+,39-/m0/s1. The molecule has 10 atom stereocenters. The van der Waals surface area contributed by atoms with Gasteiger partial charge < -0.3 is 15.2 Å². The van der Waals surface area contributed by atoms with Gasteiger partial charge in [-0.25, -0.2) is 4.79 Å². The van der Waals surface area contributed by atoms with Gasteiger partial charge in [0, 0.05) is 5.41 Å². The minimum Gasteiger partial charge on any atom is -0.480 e. The maximum atomic E-state index is 13.9. The van der Waals surface area contributed by atoms with E-state index in [-0.39, 0.29) is 46.2 Å². The van der Waals surface area contributed by atoms with Crippen molar-refractivity contribution in [3.8, 4) is 0 Å². The molecular formula is C39H57NO5. The van der Waals surface area contributed by atoms with Crippen LogP contribution in [0.3, 0.4) is 0 Å². The molecule has 0 heterocycles. The Labute approximate surface area is 270 Å². The van der Waals surface area contributed by atoms with Crippen LogP contribution in [0.25, 0.3) is 0 Å². The first kappa shape index (κ1) is 32.6. The summed E-state index contributed by atoms with van der Waals surface area (Å²) >= 11 is 0. The predicted molar refractivity (Wildman–Crippen MR) is 175 cm³/mol. The summed E-state index contributed by atoms with van der Waals surface area (Å²) in [4.78, 5) is 38.5. The number of esters is 1. The summed E-state index contributed by atoms with van der Waals surface area (Å²) in [7, 11) is 0. The zero-order valence-corrected chi connectivity index (χ0v) is 28.8. The number of hydrogen-bond donors (Lipinski definition) is 2. The van der Waals surface area contributed by atoms with Crippen LogP contribution in [0.1, 0.15) is 123 Å². The number of carboxylic acids is 1. The Morgan fingerprint density at radius 3 is 2.22 bits per heavy atom. The number of carbonyl (C=O) groups excluding carboxylic acids is 2. The van der Waals surface area contributed by atoms with Crippen LogP contribution in [0.5, 0.6) is 0 Å². The predicted octanol–water partition coefficient (Wildman–Crippen LogP) is 8.15. The molecule has 5 fully saturated rings. The Balaban J connectivity index is 1.29. The molecule has 0 saturated heterocycles. The highest BCUT2D eigenvalue weighted by Gasteiger charge is 2.72. The van der Waals surface area contributed by atoms with Crippen molar-refractivity contribution < 1.29 is 24.2 Å². The van der Waals surface area contributed by atoms with Crippen LogP contribution < -0.4 is 5.32 Å². The Bertz CT molecular complexity index is 1320. The lowest BCUT2D eigenvalue weighted by molar-refractivity contribution is -0.247. The van der Waals surface area contributed by atoms with E-state index in [1.165, 1.54) is 12.8 Å². The van der Waals surface area contributed by atoms with Gasteiger partial charge in [0.25, 0.3) is 0 Å². The van der Waals surface area contributed by atoms with Crippen molar-refractivity contribution in [2.45, 2.75) is 119 Å². The molecule has 1 aromatic rings. The third-order valence-corrected chi connectivity index (χ3v) is 15.4. The number of amides is 1. The van der Waals surface area contributed by atoms with Crippen molar-refractivity contribution in [2.24, 2.45) is 62.6 Å².